The highest BCUT2D eigenvalue weighted by Gasteiger charge is 2.25. The third-order valence-electron chi connectivity index (χ3n) is 4.63. The van der Waals surface area contributed by atoms with Crippen LogP contribution in [-0.2, 0) is 9.53 Å². The lowest BCUT2D eigenvalue weighted by molar-refractivity contribution is -0.149. The van der Waals surface area contributed by atoms with Gasteiger partial charge in [-0.15, -0.1) is 0 Å². The molecule has 0 aliphatic carbocycles. The van der Waals surface area contributed by atoms with Crippen LogP contribution in [0.1, 0.15) is 38.7 Å². The van der Waals surface area contributed by atoms with Crippen molar-refractivity contribution in [1.29, 1.82) is 0 Å². The first-order valence-electron chi connectivity index (χ1n) is 9.50. The number of methoxy groups -OCH3 is 1. The van der Waals surface area contributed by atoms with Crippen molar-refractivity contribution in [1.82, 2.24) is 4.90 Å². The van der Waals surface area contributed by atoms with E-state index in [1.165, 1.54) is 0 Å². The Morgan fingerprint density at radius 3 is 2.69 bits per heavy atom. The molecular formula is C21H31NO4. The van der Waals surface area contributed by atoms with Crippen LogP contribution in [0.15, 0.2) is 24.3 Å². The molecule has 1 aliphatic rings. The SMILES string of the molecule is CC=Cc1ccc(OCCCN2CCC(C(=O)OCC)CC2)c(OC)c1. The van der Waals surface area contributed by atoms with E-state index in [1.807, 2.05) is 44.2 Å². The van der Waals surface area contributed by atoms with Crippen LogP contribution in [0.25, 0.3) is 6.08 Å². The Morgan fingerprint density at radius 2 is 2.04 bits per heavy atom. The fourth-order valence-electron chi connectivity index (χ4n) is 3.22. The van der Waals surface area contributed by atoms with Crippen LogP contribution in [0.4, 0.5) is 0 Å². The zero-order chi connectivity index (χ0) is 18.8. The third kappa shape index (κ3) is 6.06. The maximum atomic E-state index is 11.8. The number of carbonyl (C=O) groups is 1. The lowest BCUT2D eigenvalue weighted by Crippen LogP contribution is -2.37. The van der Waals surface area contributed by atoms with Gasteiger partial charge in [0.25, 0.3) is 0 Å². The minimum atomic E-state index is -0.0380. The summed E-state index contributed by atoms with van der Waals surface area (Å²) in [5.74, 6) is 1.57. The Hall–Kier alpha value is -2.01. The van der Waals surface area contributed by atoms with Crippen molar-refractivity contribution in [3.05, 3.63) is 29.8 Å². The van der Waals surface area contributed by atoms with E-state index in [2.05, 4.69) is 4.90 Å². The van der Waals surface area contributed by atoms with Crippen molar-refractivity contribution >= 4 is 12.0 Å². The summed E-state index contributed by atoms with van der Waals surface area (Å²) >= 11 is 0. The molecule has 5 heteroatoms. The van der Waals surface area contributed by atoms with Gasteiger partial charge in [0.1, 0.15) is 0 Å². The summed E-state index contributed by atoms with van der Waals surface area (Å²) in [7, 11) is 1.66. The molecule has 0 spiro atoms. The predicted octanol–water partition coefficient (Wildman–Crippen LogP) is 3.77. The Morgan fingerprint density at radius 1 is 1.27 bits per heavy atom. The lowest BCUT2D eigenvalue weighted by atomic mass is 9.97. The van der Waals surface area contributed by atoms with Crippen molar-refractivity contribution in [3.63, 3.8) is 0 Å². The van der Waals surface area contributed by atoms with Crippen LogP contribution in [0.2, 0.25) is 0 Å². The number of carbonyl (C=O) groups excluding carboxylic acids is 1. The second kappa shape index (κ2) is 10.9. The molecule has 1 fully saturated rings. The van der Waals surface area contributed by atoms with Crippen LogP contribution in [0.5, 0.6) is 11.5 Å². The fourth-order valence-corrected chi connectivity index (χ4v) is 3.22. The van der Waals surface area contributed by atoms with Gasteiger partial charge in [-0.3, -0.25) is 4.79 Å². The molecule has 0 unspecified atom stereocenters. The van der Waals surface area contributed by atoms with Gasteiger partial charge in [-0.2, -0.15) is 0 Å². The molecule has 0 atom stereocenters. The Bertz CT molecular complexity index is 592. The molecule has 1 heterocycles. The second-order valence-corrected chi connectivity index (χ2v) is 6.48. The maximum Gasteiger partial charge on any atom is 0.309 e. The first-order valence-corrected chi connectivity index (χ1v) is 9.50. The van der Waals surface area contributed by atoms with E-state index in [4.69, 9.17) is 14.2 Å². The number of esters is 1. The zero-order valence-corrected chi connectivity index (χ0v) is 16.2. The third-order valence-corrected chi connectivity index (χ3v) is 4.63. The van der Waals surface area contributed by atoms with E-state index in [0.29, 0.717) is 13.2 Å². The summed E-state index contributed by atoms with van der Waals surface area (Å²) in [4.78, 5) is 14.2. The van der Waals surface area contributed by atoms with E-state index >= 15 is 0 Å². The monoisotopic (exact) mass is 361 g/mol. The number of benzene rings is 1. The molecule has 144 valence electrons. The van der Waals surface area contributed by atoms with Crippen molar-refractivity contribution < 1.29 is 19.0 Å². The number of nitrogens with zero attached hydrogens (tertiary/aromatic N) is 1. The van der Waals surface area contributed by atoms with Gasteiger partial charge in [0.2, 0.25) is 0 Å². The highest BCUT2D eigenvalue weighted by Crippen LogP contribution is 2.28. The summed E-state index contributed by atoms with van der Waals surface area (Å²) < 4.78 is 16.4. The summed E-state index contributed by atoms with van der Waals surface area (Å²) in [6.45, 7) is 7.85. The smallest absolute Gasteiger partial charge is 0.309 e. The topological polar surface area (TPSA) is 48.0 Å². The van der Waals surface area contributed by atoms with Crippen molar-refractivity contribution in [3.8, 4) is 11.5 Å². The highest BCUT2D eigenvalue weighted by atomic mass is 16.5. The van der Waals surface area contributed by atoms with E-state index in [-0.39, 0.29) is 11.9 Å². The largest absolute Gasteiger partial charge is 0.493 e. The second-order valence-electron chi connectivity index (χ2n) is 6.48. The van der Waals surface area contributed by atoms with Gasteiger partial charge < -0.3 is 19.1 Å². The molecule has 0 radical (unpaired) electrons. The predicted molar refractivity (Wildman–Crippen MR) is 104 cm³/mol. The van der Waals surface area contributed by atoms with Crippen molar-refractivity contribution in [2.75, 3.05) is 40.0 Å². The Kier molecular flexibility index (Phi) is 8.48. The summed E-state index contributed by atoms with van der Waals surface area (Å²) in [6, 6.07) is 5.96. The number of likely N-dealkylation sites (tertiary alicyclic amines) is 1. The minimum absolute atomic E-state index is 0.0380. The Labute approximate surface area is 156 Å². The fraction of sp³-hybridized carbons (Fsp3) is 0.571. The van der Waals surface area contributed by atoms with Gasteiger partial charge in [-0.25, -0.2) is 0 Å². The molecule has 1 aliphatic heterocycles. The van der Waals surface area contributed by atoms with E-state index in [0.717, 1.165) is 56.0 Å². The van der Waals surface area contributed by atoms with Gasteiger partial charge in [-0.05, 0) is 63.9 Å². The number of piperidine rings is 1. The van der Waals surface area contributed by atoms with Gasteiger partial charge in [0, 0.05) is 6.54 Å². The normalized spacial score (nSPS) is 16.0. The number of hydrogen-bond donors (Lipinski definition) is 0. The molecule has 1 aromatic rings. The molecule has 0 saturated carbocycles. The molecule has 0 aromatic heterocycles. The number of allylic oxidation sites excluding steroid dienone is 1. The molecule has 2 rings (SSSR count). The molecular weight excluding hydrogens is 330 g/mol. The average molecular weight is 361 g/mol. The molecule has 1 saturated heterocycles. The van der Waals surface area contributed by atoms with Crippen molar-refractivity contribution in [2.45, 2.75) is 33.1 Å². The molecule has 0 N–H and O–H groups in total. The Balaban J connectivity index is 1.70. The van der Waals surface area contributed by atoms with E-state index in [1.54, 1.807) is 7.11 Å². The summed E-state index contributed by atoms with van der Waals surface area (Å²) in [5, 5.41) is 0. The summed E-state index contributed by atoms with van der Waals surface area (Å²) in [6.07, 6.45) is 6.76. The van der Waals surface area contributed by atoms with Crippen LogP contribution in [0, 0.1) is 5.92 Å². The number of rotatable bonds is 9. The lowest BCUT2D eigenvalue weighted by Gasteiger charge is -2.30. The minimum Gasteiger partial charge on any atom is -0.493 e. The highest BCUT2D eigenvalue weighted by molar-refractivity contribution is 5.72. The van der Waals surface area contributed by atoms with Crippen LogP contribution in [-0.4, -0.2) is 50.8 Å². The molecule has 5 nitrogen and oxygen atoms in total. The van der Waals surface area contributed by atoms with E-state index in [9.17, 15) is 4.79 Å². The van der Waals surface area contributed by atoms with Crippen LogP contribution < -0.4 is 9.47 Å². The van der Waals surface area contributed by atoms with Crippen LogP contribution >= 0.6 is 0 Å². The molecule has 0 amide bonds. The average Bonchev–Trinajstić information content (AvgIpc) is 2.67. The van der Waals surface area contributed by atoms with Gasteiger partial charge in [-0.1, -0.05) is 18.2 Å². The zero-order valence-electron chi connectivity index (χ0n) is 16.2. The van der Waals surface area contributed by atoms with Crippen molar-refractivity contribution in [2.24, 2.45) is 5.92 Å². The number of hydrogen-bond acceptors (Lipinski definition) is 5. The number of ether oxygens (including phenoxy) is 3. The standard InChI is InChI=1S/C21H31NO4/c1-4-7-17-8-9-19(20(16-17)24-3)26-15-6-12-22-13-10-18(11-14-22)21(23)25-5-2/h4,7-9,16,18H,5-6,10-15H2,1-3H3. The first-order chi connectivity index (χ1) is 12.7. The maximum absolute atomic E-state index is 11.8. The molecule has 26 heavy (non-hydrogen) atoms. The first kappa shape index (κ1) is 20.3. The molecule has 1 aromatic carbocycles. The van der Waals surface area contributed by atoms with Gasteiger partial charge >= 0.3 is 5.97 Å². The van der Waals surface area contributed by atoms with Gasteiger partial charge in [0.05, 0.1) is 26.2 Å². The molecule has 0 bridgehead atoms. The van der Waals surface area contributed by atoms with Gasteiger partial charge in [0.15, 0.2) is 11.5 Å². The van der Waals surface area contributed by atoms with E-state index < -0.39 is 0 Å². The summed E-state index contributed by atoms with van der Waals surface area (Å²) in [5.41, 5.74) is 1.10. The quantitative estimate of drug-likeness (QED) is 0.495. The van der Waals surface area contributed by atoms with Crippen LogP contribution in [0.3, 0.4) is 0 Å².